The number of amides is 3. The van der Waals surface area contributed by atoms with Crippen molar-refractivity contribution in [1.29, 1.82) is 0 Å². The minimum absolute atomic E-state index is 0.0398. The molecule has 3 amide bonds. The number of rotatable bonds is 19. The third-order valence-corrected chi connectivity index (χ3v) is 6.49. The number of Topliss-reactive ketones (excluding diaryl/α,β-unsaturated/α-hetero) is 1. The van der Waals surface area contributed by atoms with Gasteiger partial charge in [-0.3, -0.25) is 38.9 Å². The number of aliphatic hydroxyl groups excluding tert-OH is 1. The summed E-state index contributed by atoms with van der Waals surface area (Å²) in [7, 11) is 2.48. The van der Waals surface area contributed by atoms with Crippen LogP contribution in [0, 0.1) is 17.8 Å². The van der Waals surface area contributed by atoms with Crippen molar-refractivity contribution in [3.63, 3.8) is 0 Å². The molecule has 0 saturated heterocycles. The van der Waals surface area contributed by atoms with Crippen molar-refractivity contribution in [2.45, 2.75) is 94.5 Å². The second kappa shape index (κ2) is 58.7. The number of aliphatic imine (C=N–C) groups is 1. The average Bonchev–Trinajstić information content (AvgIpc) is 3.27. The summed E-state index contributed by atoms with van der Waals surface area (Å²) in [5.74, 6) is 4.34. The first kappa shape index (κ1) is 72.0. The van der Waals surface area contributed by atoms with Gasteiger partial charge >= 0.3 is 0 Å². The lowest BCUT2D eigenvalue weighted by atomic mass is 10.0. The number of aliphatic hydroxyl groups is 1. The molecule has 0 heterocycles. The van der Waals surface area contributed by atoms with Crippen LogP contribution < -0.4 is 37.3 Å². The van der Waals surface area contributed by atoms with Crippen molar-refractivity contribution in [3.8, 4) is 17.6 Å². The summed E-state index contributed by atoms with van der Waals surface area (Å²) in [6.45, 7) is 30.4. The van der Waals surface area contributed by atoms with Crippen LogP contribution in [0.4, 0.5) is 0 Å². The van der Waals surface area contributed by atoms with Crippen LogP contribution in [0.1, 0.15) is 87.6 Å². The maximum Gasteiger partial charge on any atom is 0.265 e. The quantitative estimate of drug-likeness (QED) is 0.0230. The van der Waals surface area contributed by atoms with Crippen molar-refractivity contribution in [2.24, 2.45) is 27.5 Å². The molecule has 0 aliphatic heterocycles. The van der Waals surface area contributed by atoms with Crippen LogP contribution in [0.5, 0.6) is 5.75 Å². The highest BCUT2D eigenvalue weighted by Gasteiger charge is 2.22. The van der Waals surface area contributed by atoms with Crippen LogP contribution in [-0.4, -0.2) is 99.2 Å². The molecule has 0 bridgehead atoms. The number of aldehydes is 1. The van der Waals surface area contributed by atoms with E-state index in [-0.39, 0.29) is 43.5 Å². The van der Waals surface area contributed by atoms with Crippen LogP contribution in [0.2, 0.25) is 0 Å². The Labute approximate surface area is 384 Å². The lowest BCUT2D eigenvalue weighted by Crippen LogP contribution is -2.51. The molecule has 0 aliphatic rings. The molecule has 1 rings (SSSR count). The number of nitrogens with one attached hydrogen (secondary N) is 3. The van der Waals surface area contributed by atoms with Gasteiger partial charge in [0, 0.05) is 20.6 Å². The fourth-order valence-electron chi connectivity index (χ4n) is 3.45. The number of carbonyl (C=O) groups is 6. The number of nitrogens with two attached hydrogens (primary N) is 3. The van der Waals surface area contributed by atoms with Crippen molar-refractivity contribution in [1.82, 2.24) is 16.0 Å². The molecular formula is C47H81N7O8S. The lowest BCUT2D eigenvalue weighted by Gasteiger charge is -2.20. The number of hydrogen-bond acceptors (Lipinski definition) is 13. The van der Waals surface area contributed by atoms with E-state index in [9.17, 15) is 24.0 Å². The van der Waals surface area contributed by atoms with Crippen LogP contribution in [-0.2, 0) is 35.2 Å². The highest BCUT2D eigenvalue weighted by molar-refractivity contribution is 8.09. The van der Waals surface area contributed by atoms with Crippen LogP contribution >= 0.6 is 11.9 Å². The molecule has 16 heteroatoms. The minimum atomic E-state index is -0.812. The Morgan fingerprint density at radius 1 is 0.905 bits per heavy atom. The molecule has 0 radical (unpaired) electrons. The van der Waals surface area contributed by atoms with Crippen LogP contribution in [0.25, 0.3) is 0 Å². The summed E-state index contributed by atoms with van der Waals surface area (Å²) in [6.07, 6.45) is 11.7. The van der Waals surface area contributed by atoms with Crippen molar-refractivity contribution >= 4 is 53.1 Å². The number of nitrogens with zero attached hydrogens (tertiary/aromatic N) is 1. The predicted molar refractivity (Wildman–Crippen MR) is 267 cm³/mol. The number of ketones is 1. The van der Waals surface area contributed by atoms with Gasteiger partial charge in [0.05, 0.1) is 13.1 Å². The molecule has 0 saturated carbocycles. The molecule has 0 aliphatic carbocycles. The number of benzene rings is 1. The second-order valence-corrected chi connectivity index (χ2v) is 12.8. The first-order valence-electron chi connectivity index (χ1n) is 20.0. The maximum atomic E-state index is 12.5. The highest BCUT2D eigenvalue weighted by Crippen LogP contribution is 2.13. The van der Waals surface area contributed by atoms with E-state index in [1.165, 1.54) is 25.1 Å². The summed E-state index contributed by atoms with van der Waals surface area (Å²) in [5.41, 5.74) is 13.9. The standard InChI is InChI=1S/C23H32N4O6.C10H14.C4H6.C3H9N.C3H6.C2H7N.CH3NOS.CH4O/c1-15(2)11-20(23(32)25-13-16(3)29)27-21(30)14-26-22(31)19(24-4)12-17-5-7-18(8-6-17)33-10-9-28;1-5-7-9(3)10(4)8-6-2;1-3-4-2;1-2-3-4;1-3-2;1-2-3;2-4-1-3;1-2/h5-9,15,20H,10-14H2,1-4H3,(H,25,32)(H,26,31)(H,27,30);5-8H,1-2H2,3-4H3;1-2H3;2-4H2,1H3;3H,1H2,2H3;2-3H2,1H3;1H,2H2;2H,1H3/b;9-7+,10-8+;;;;;;. The Morgan fingerprint density at radius 3 is 1.67 bits per heavy atom. The molecule has 1 aromatic carbocycles. The zero-order valence-electron chi connectivity index (χ0n) is 40.2. The second-order valence-electron chi connectivity index (χ2n) is 12.3. The molecule has 0 spiro atoms. The van der Waals surface area contributed by atoms with Crippen molar-refractivity contribution < 1.29 is 38.6 Å². The van der Waals surface area contributed by atoms with E-state index < -0.39 is 23.8 Å². The number of hydrogen-bond donors (Lipinski definition) is 7. The summed E-state index contributed by atoms with van der Waals surface area (Å²) in [5, 5.41) is 19.2. The average molecular weight is 904 g/mol. The summed E-state index contributed by atoms with van der Waals surface area (Å²) >= 11 is 0.676. The Kier molecular flexibility index (Phi) is 67.1. The van der Waals surface area contributed by atoms with Crippen LogP contribution in [0.3, 0.4) is 0 Å². The normalized spacial score (nSPS) is 10.0. The summed E-state index contributed by atoms with van der Waals surface area (Å²) in [4.78, 5) is 71.5. The van der Waals surface area contributed by atoms with Crippen LogP contribution in [0.15, 0.2) is 90.5 Å². The Morgan fingerprint density at radius 2 is 1.35 bits per heavy atom. The van der Waals surface area contributed by atoms with E-state index in [0.717, 1.165) is 32.2 Å². The molecule has 63 heavy (non-hydrogen) atoms. The summed E-state index contributed by atoms with van der Waals surface area (Å²) < 4.78 is 5.19. The van der Waals surface area contributed by atoms with E-state index >= 15 is 0 Å². The van der Waals surface area contributed by atoms with Gasteiger partial charge in [-0.1, -0.05) is 83.4 Å². The molecule has 1 atom stereocenters. The zero-order chi connectivity index (χ0) is 50.4. The van der Waals surface area contributed by atoms with Crippen molar-refractivity contribution in [2.75, 3.05) is 46.9 Å². The van der Waals surface area contributed by atoms with Gasteiger partial charge in [0.15, 0.2) is 11.9 Å². The van der Waals surface area contributed by atoms with E-state index in [4.69, 9.17) is 26.1 Å². The first-order chi connectivity index (χ1) is 29.9. The molecule has 1 unspecified atom stereocenters. The largest absolute Gasteiger partial charge is 0.486 e. The fourth-order valence-corrected chi connectivity index (χ4v) is 3.45. The van der Waals surface area contributed by atoms with Gasteiger partial charge in [-0.25, -0.2) is 0 Å². The van der Waals surface area contributed by atoms with Gasteiger partial charge in [-0.2, -0.15) is 0 Å². The fraction of sp³-hybridized carbons (Fsp3) is 0.468. The van der Waals surface area contributed by atoms with E-state index in [1.54, 1.807) is 42.5 Å². The smallest absolute Gasteiger partial charge is 0.265 e. The number of allylic oxidation sites excluding steroid dienone is 7. The van der Waals surface area contributed by atoms with Crippen molar-refractivity contribution in [3.05, 3.63) is 91.1 Å². The van der Waals surface area contributed by atoms with Gasteiger partial charge in [0.1, 0.15) is 29.9 Å². The summed E-state index contributed by atoms with van der Waals surface area (Å²) in [6, 6.07) is 6.06. The van der Waals surface area contributed by atoms with E-state index in [0.29, 0.717) is 36.0 Å². The molecule has 10 N–H and O–H groups in total. The molecule has 0 aromatic heterocycles. The van der Waals surface area contributed by atoms with E-state index in [1.807, 2.05) is 53.7 Å². The number of carbonyl (C=O) groups excluding carboxylic acids is 6. The van der Waals surface area contributed by atoms with Gasteiger partial charge < -0.3 is 37.3 Å². The Hall–Kier alpha value is -5.44. The van der Waals surface area contributed by atoms with Gasteiger partial charge in [-0.15, -0.1) is 18.4 Å². The predicted octanol–water partition coefficient (Wildman–Crippen LogP) is 5.41. The third-order valence-electron chi connectivity index (χ3n) is 6.38. The van der Waals surface area contributed by atoms with Gasteiger partial charge in [0.25, 0.3) is 5.91 Å². The van der Waals surface area contributed by atoms with Gasteiger partial charge in [0.2, 0.25) is 11.8 Å². The highest BCUT2D eigenvalue weighted by atomic mass is 32.2. The minimum Gasteiger partial charge on any atom is -0.486 e. The zero-order valence-corrected chi connectivity index (χ0v) is 41.0. The molecule has 1 aromatic rings. The Balaban J connectivity index is -0.000000169. The monoisotopic (exact) mass is 904 g/mol. The maximum absolute atomic E-state index is 12.5. The molecule has 358 valence electrons. The SMILES string of the molecule is C=C/C=C(C)/C(C)=C/C=C.C=CC.CC#CC.CCCN.CCN.CN=C(Cc1ccc(OCC=O)cc1)C(=O)NCC(=O)NC(CC(C)C)C(=O)NCC(C)=O.CO.NSC=O. The first-order valence-corrected chi connectivity index (χ1v) is 21.0. The Bertz CT molecular complexity index is 1490. The van der Waals surface area contributed by atoms with Gasteiger partial charge in [-0.05, 0) is 114 Å². The number of ether oxygens (including phenoxy) is 1. The third kappa shape index (κ3) is 58.7. The lowest BCUT2D eigenvalue weighted by molar-refractivity contribution is -0.130. The molecule has 15 nitrogen and oxygen atoms in total. The molecule has 0 fully saturated rings. The van der Waals surface area contributed by atoms with E-state index in [2.05, 4.69) is 78.4 Å². The molecular weight excluding hydrogens is 823 g/mol. The topological polar surface area (TPSA) is 258 Å².